The maximum Gasteiger partial charge on any atom is 0.274 e. The molecule has 35 heavy (non-hydrogen) atoms. The number of nitrogens with one attached hydrogen (secondary N) is 2. The maximum absolute atomic E-state index is 14.7. The summed E-state index contributed by atoms with van der Waals surface area (Å²) in [4.78, 5) is 25.4. The molecule has 8 nitrogen and oxygen atoms in total. The molecule has 0 bridgehead atoms. The number of hydrogen-bond donors (Lipinski definition) is 2. The molecule has 174 valence electrons. The van der Waals surface area contributed by atoms with Gasteiger partial charge in [-0.15, -0.1) is 0 Å². The minimum Gasteiger partial charge on any atom is -0.494 e. The van der Waals surface area contributed by atoms with Crippen LogP contribution in [-0.4, -0.2) is 32.5 Å². The van der Waals surface area contributed by atoms with Gasteiger partial charge in [0, 0.05) is 48.2 Å². The van der Waals surface area contributed by atoms with Crippen LogP contribution < -0.4 is 15.4 Å². The second-order valence-electron chi connectivity index (χ2n) is 7.76. The van der Waals surface area contributed by atoms with Crippen LogP contribution in [0.3, 0.4) is 0 Å². The Hall–Kier alpha value is -4.79. The number of rotatable bonds is 6. The third kappa shape index (κ3) is 4.39. The van der Waals surface area contributed by atoms with E-state index in [1.807, 2.05) is 48.1 Å². The van der Waals surface area contributed by atoms with Gasteiger partial charge in [-0.25, -0.2) is 14.4 Å². The third-order valence-electron chi connectivity index (χ3n) is 5.51. The highest BCUT2D eigenvalue weighted by Crippen LogP contribution is 2.34. The van der Waals surface area contributed by atoms with Gasteiger partial charge < -0.3 is 19.9 Å². The summed E-state index contributed by atoms with van der Waals surface area (Å²) < 4.78 is 22.1. The Morgan fingerprint density at radius 3 is 2.63 bits per heavy atom. The van der Waals surface area contributed by atoms with E-state index in [9.17, 15) is 9.18 Å². The van der Waals surface area contributed by atoms with Gasteiger partial charge in [-0.2, -0.15) is 0 Å². The molecule has 0 aliphatic heterocycles. The fourth-order valence-electron chi connectivity index (χ4n) is 3.84. The molecule has 0 spiro atoms. The quantitative estimate of drug-likeness (QED) is 0.357. The Morgan fingerprint density at radius 2 is 1.83 bits per heavy atom. The monoisotopic (exact) mass is 468 g/mol. The fourth-order valence-corrected chi connectivity index (χ4v) is 3.84. The van der Waals surface area contributed by atoms with E-state index in [0.29, 0.717) is 11.6 Å². The number of aryl methyl sites for hydroxylation is 1. The average Bonchev–Trinajstić information content (AvgIpc) is 3.23. The minimum absolute atomic E-state index is 0.0332. The first-order valence-electron chi connectivity index (χ1n) is 10.8. The van der Waals surface area contributed by atoms with Gasteiger partial charge >= 0.3 is 0 Å². The van der Waals surface area contributed by atoms with E-state index in [-0.39, 0.29) is 17.1 Å². The van der Waals surface area contributed by atoms with Gasteiger partial charge in [0.05, 0.1) is 24.2 Å². The number of fused-ring (bicyclic) bond motifs is 1. The Kier molecular flexibility index (Phi) is 5.80. The Labute approximate surface area is 200 Å². The second-order valence-corrected chi connectivity index (χ2v) is 7.76. The van der Waals surface area contributed by atoms with Crippen LogP contribution in [0.2, 0.25) is 0 Å². The first-order valence-corrected chi connectivity index (χ1v) is 10.8. The topological polar surface area (TPSA) is 94.0 Å². The number of pyridine rings is 1. The predicted molar refractivity (Wildman–Crippen MR) is 132 cm³/mol. The van der Waals surface area contributed by atoms with Crippen LogP contribution in [0.1, 0.15) is 10.5 Å². The summed E-state index contributed by atoms with van der Waals surface area (Å²) in [5.74, 6) is -0.656. The van der Waals surface area contributed by atoms with Gasteiger partial charge in [-0.1, -0.05) is 24.3 Å². The zero-order chi connectivity index (χ0) is 24.4. The molecule has 0 fully saturated rings. The first-order chi connectivity index (χ1) is 17.0. The predicted octanol–water partition coefficient (Wildman–Crippen LogP) is 5.17. The number of anilines is 3. The summed E-state index contributed by atoms with van der Waals surface area (Å²) in [5.41, 5.74) is 3.30. The molecule has 0 atom stereocenters. The number of carbonyl (C=O) groups is 1. The number of hydrogen-bond acceptors (Lipinski definition) is 6. The van der Waals surface area contributed by atoms with E-state index in [1.54, 1.807) is 24.4 Å². The van der Waals surface area contributed by atoms with Crippen LogP contribution in [0.25, 0.3) is 22.2 Å². The molecule has 3 heterocycles. The van der Waals surface area contributed by atoms with Gasteiger partial charge in [-0.05, 0) is 30.3 Å². The van der Waals surface area contributed by atoms with E-state index in [0.717, 1.165) is 22.2 Å². The van der Waals surface area contributed by atoms with E-state index >= 15 is 0 Å². The van der Waals surface area contributed by atoms with Crippen molar-refractivity contribution >= 4 is 34.1 Å². The van der Waals surface area contributed by atoms with Crippen LogP contribution in [0, 0.1) is 5.82 Å². The highest BCUT2D eigenvalue weighted by Gasteiger charge is 2.16. The lowest BCUT2D eigenvalue weighted by Crippen LogP contribution is -2.14. The van der Waals surface area contributed by atoms with Crippen molar-refractivity contribution in [3.63, 3.8) is 0 Å². The average molecular weight is 468 g/mol. The highest BCUT2D eigenvalue weighted by atomic mass is 19.1. The molecule has 5 aromatic rings. The van der Waals surface area contributed by atoms with Crippen molar-refractivity contribution in [2.75, 3.05) is 17.7 Å². The number of benzene rings is 2. The van der Waals surface area contributed by atoms with Crippen molar-refractivity contribution in [3.8, 4) is 17.0 Å². The number of methoxy groups -OCH3 is 1. The number of amides is 1. The third-order valence-corrected chi connectivity index (χ3v) is 5.51. The fraction of sp³-hybridized carbons (Fsp3) is 0.0769. The molecule has 5 rings (SSSR count). The summed E-state index contributed by atoms with van der Waals surface area (Å²) in [6.45, 7) is 0. The summed E-state index contributed by atoms with van der Waals surface area (Å²) in [6, 6.07) is 17.4. The molecule has 0 radical (unpaired) electrons. The molecule has 0 aliphatic carbocycles. The minimum atomic E-state index is -0.651. The number of ether oxygens (including phenoxy) is 1. The largest absolute Gasteiger partial charge is 0.494 e. The second kappa shape index (κ2) is 9.22. The zero-order valence-electron chi connectivity index (χ0n) is 19.0. The first kappa shape index (κ1) is 22.0. The molecule has 3 aromatic heterocycles. The van der Waals surface area contributed by atoms with E-state index in [1.165, 1.54) is 25.4 Å². The molecule has 0 aliphatic rings. The highest BCUT2D eigenvalue weighted by molar-refractivity contribution is 6.03. The molecular weight excluding hydrogens is 447 g/mol. The number of carbonyl (C=O) groups excluding carboxylic acids is 1. The SMILES string of the molecule is COc1cc(F)c(NC(=O)c2ccccn2)cc1Nc1nccc(-c2cn(C)c3ccccc23)n1. The van der Waals surface area contributed by atoms with Crippen molar-refractivity contribution in [3.05, 3.63) is 90.8 Å². The summed E-state index contributed by atoms with van der Waals surface area (Å²) in [5, 5.41) is 6.70. The zero-order valence-corrected chi connectivity index (χ0v) is 19.0. The van der Waals surface area contributed by atoms with Crippen LogP contribution in [0.15, 0.2) is 79.3 Å². The lowest BCUT2D eigenvalue weighted by molar-refractivity contribution is 0.102. The van der Waals surface area contributed by atoms with Gasteiger partial charge in [0.2, 0.25) is 5.95 Å². The smallest absolute Gasteiger partial charge is 0.274 e. The summed E-state index contributed by atoms with van der Waals surface area (Å²) in [6.07, 6.45) is 5.15. The van der Waals surface area contributed by atoms with Crippen LogP contribution in [-0.2, 0) is 7.05 Å². The van der Waals surface area contributed by atoms with Crippen molar-refractivity contribution < 1.29 is 13.9 Å². The summed E-state index contributed by atoms with van der Waals surface area (Å²) in [7, 11) is 3.41. The maximum atomic E-state index is 14.7. The molecule has 1 amide bonds. The van der Waals surface area contributed by atoms with Gasteiger partial charge in [0.1, 0.15) is 11.4 Å². The Bertz CT molecular complexity index is 1530. The molecule has 0 unspecified atom stereocenters. The molecule has 0 saturated heterocycles. The van der Waals surface area contributed by atoms with Crippen molar-refractivity contribution in [2.45, 2.75) is 0 Å². The van der Waals surface area contributed by atoms with Gasteiger partial charge in [-0.3, -0.25) is 9.78 Å². The van der Waals surface area contributed by atoms with E-state index in [2.05, 4.69) is 25.6 Å². The normalized spacial score (nSPS) is 10.8. The molecule has 2 aromatic carbocycles. The van der Waals surface area contributed by atoms with Gasteiger partial charge in [0.15, 0.2) is 5.82 Å². The molecule has 2 N–H and O–H groups in total. The lowest BCUT2D eigenvalue weighted by atomic mass is 10.1. The molecule has 0 saturated carbocycles. The van der Waals surface area contributed by atoms with Crippen LogP contribution in [0.5, 0.6) is 5.75 Å². The standard InChI is InChI=1S/C26H21FN6O2/c1-33-15-17(16-7-3-4-9-23(16)33)19-10-12-29-26(31-19)32-22-14-21(18(27)13-24(22)35-2)30-25(34)20-8-5-6-11-28-20/h3-15H,1-2H3,(H,30,34)(H,29,31,32). The van der Waals surface area contributed by atoms with Gasteiger partial charge in [0.25, 0.3) is 5.91 Å². The number of nitrogens with zero attached hydrogens (tertiary/aromatic N) is 4. The number of aromatic nitrogens is 4. The Balaban J connectivity index is 1.47. The molecule has 9 heteroatoms. The van der Waals surface area contributed by atoms with Crippen LogP contribution >= 0.6 is 0 Å². The van der Waals surface area contributed by atoms with Crippen molar-refractivity contribution in [1.29, 1.82) is 0 Å². The van der Waals surface area contributed by atoms with E-state index < -0.39 is 11.7 Å². The lowest BCUT2D eigenvalue weighted by Gasteiger charge is -2.14. The van der Waals surface area contributed by atoms with Crippen molar-refractivity contribution in [2.24, 2.45) is 7.05 Å². The Morgan fingerprint density at radius 1 is 1.00 bits per heavy atom. The van der Waals surface area contributed by atoms with Crippen molar-refractivity contribution in [1.82, 2.24) is 19.5 Å². The van der Waals surface area contributed by atoms with E-state index in [4.69, 9.17) is 4.74 Å². The summed E-state index contributed by atoms with van der Waals surface area (Å²) >= 11 is 0. The van der Waals surface area contributed by atoms with Crippen LogP contribution in [0.4, 0.5) is 21.7 Å². The number of halogens is 1. The molecular formula is C26H21FN6O2. The number of para-hydroxylation sites is 1.